The summed E-state index contributed by atoms with van der Waals surface area (Å²) < 4.78 is 0. The molecular weight excluding hydrogens is 248 g/mol. The highest BCUT2D eigenvalue weighted by molar-refractivity contribution is 6.31. The molecule has 1 aromatic rings. The van der Waals surface area contributed by atoms with Gasteiger partial charge in [0.1, 0.15) is 0 Å². The van der Waals surface area contributed by atoms with Crippen LogP contribution < -0.4 is 10.6 Å². The second-order valence-electron chi connectivity index (χ2n) is 4.33. The molecule has 3 nitrogen and oxygen atoms in total. The number of hydrogen-bond acceptors (Lipinski definition) is 2. The molecule has 0 spiro atoms. The fourth-order valence-electron chi connectivity index (χ4n) is 1.65. The third kappa shape index (κ3) is 5.07. The summed E-state index contributed by atoms with van der Waals surface area (Å²) in [5.41, 5.74) is 1.01. The highest BCUT2D eigenvalue weighted by Crippen LogP contribution is 2.21. The van der Waals surface area contributed by atoms with Crippen LogP contribution in [0.2, 0.25) is 5.02 Å². The van der Waals surface area contributed by atoms with Crippen molar-refractivity contribution in [2.24, 2.45) is 0 Å². The number of carbonyl (C=O) groups is 1. The Kier molecular flexibility index (Phi) is 6.76. The fraction of sp³-hybridized carbons (Fsp3) is 0.500. The van der Waals surface area contributed by atoms with Gasteiger partial charge in [0.2, 0.25) is 5.91 Å². The van der Waals surface area contributed by atoms with Crippen molar-refractivity contribution < 1.29 is 4.79 Å². The van der Waals surface area contributed by atoms with Crippen molar-refractivity contribution >= 4 is 17.5 Å². The monoisotopic (exact) mass is 268 g/mol. The lowest BCUT2D eigenvalue weighted by Gasteiger charge is -2.15. The minimum atomic E-state index is 0.0300. The van der Waals surface area contributed by atoms with Crippen LogP contribution in [-0.4, -0.2) is 19.0 Å². The molecule has 0 aliphatic heterocycles. The standard InChI is InChI=1S/C14H21ClN2O/c1-3-4-9-16-14(18)10-17-11(2)12-7-5-6-8-13(12)15/h5-8,11,17H,3-4,9-10H2,1-2H3,(H,16,18). The van der Waals surface area contributed by atoms with Crippen LogP contribution in [-0.2, 0) is 4.79 Å². The van der Waals surface area contributed by atoms with Gasteiger partial charge in [0.25, 0.3) is 0 Å². The molecule has 0 saturated heterocycles. The third-order valence-electron chi connectivity index (χ3n) is 2.79. The van der Waals surface area contributed by atoms with E-state index in [9.17, 15) is 4.79 Å². The summed E-state index contributed by atoms with van der Waals surface area (Å²) in [5, 5.41) is 6.77. The molecule has 0 radical (unpaired) electrons. The summed E-state index contributed by atoms with van der Waals surface area (Å²) in [6.45, 7) is 5.16. The summed E-state index contributed by atoms with van der Waals surface area (Å²) in [6, 6.07) is 7.73. The SMILES string of the molecule is CCCCNC(=O)CNC(C)c1ccccc1Cl. The topological polar surface area (TPSA) is 41.1 Å². The first-order chi connectivity index (χ1) is 8.65. The van der Waals surface area contributed by atoms with E-state index in [0.29, 0.717) is 6.54 Å². The van der Waals surface area contributed by atoms with Gasteiger partial charge >= 0.3 is 0 Å². The second kappa shape index (κ2) is 8.11. The minimum Gasteiger partial charge on any atom is -0.355 e. The Balaban J connectivity index is 2.35. The zero-order valence-electron chi connectivity index (χ0n) is 11.0. The van der Waals surface area contributed by atoms with Gasteiger partial charge in [-0.15, -0.1) is 0 Å². The maximum Gasteiger partial charge on any atom is 0.233 e. The highest BCUT2D eigenvalue weighted by atomic mass is 35.5. The van der Waals surface area contributed by atoms with Crippen molar-refractivity contribution in [3.05, 3.63) is 34.9 Å². The van der Waals surface area contributed by atoms with Crippen molar-refractivity contribution in [3.8, 4) is 0 Å². The van der Waals surface area contributed by atoms with E-state index in [1.54, 1.807) is 0 Å². The first-order valence-corrected chi connectivity index (χ1v) is 6.77. The molecule has 1 unspecified atom stereocenters. The summed E-state index contributed by atoms with van der Waals surface area (Å²) >= 11 is 6.10. The molecule has 0 bridgehead atoms. The molecule has 0 fully saturated rings. The summed E-state index contributed by atoms with van der Waals surface area (Å²) in [5.74, 6) is 0.0300. The molecule has 18 heavy (non-hydrogen) atoms. The van der Waals surface area contributed by atoms with Gasteiger partial charge in [-0.25, -0.2) is 0 Å². The van der Waals surface area contributed by atoms with E-state index in [4.69, 9.17) is 11.6 Å². The molecule has 0 aliphatic rings. The number of hydrogen-bond donors (Lipinski definition) is 2. The Hall–Kier alpha value is -1.06. The molecule has 0 aromatic heterocycles. The van der Waals surface area contributed by atoms with E-state index in [0.717, 1.165) is 30.0 Å². The molecular formula is C14H21ClN2O. The van der Waals surface area contributed by atoms with Crippen LogP contribution in [0.3, 0.4) is 0 Å². The number of rotatable bonds is 7. The van der Waals surface area contributed by atoms with Crippen molar-refractivity contribution in [1.29, 1.82) is 0 Å². The normalized spacial score (nSPS) is 12.2. The lowest BCUT2D eigenvalue weighted by Crippen LogP contribution is -2.35. The number of carbonyl (C=O) groups excluding carboxylic acids is 1. The van der Waals surface area contributed by atoms with Crippen LogP contribution in [0.5, 0.6) is 0 Å². The van der Waals surface area contributed by atoms with Crippen molar-refractivity contribution in [2.75, 3.05) is 13.1 Å². The van der Waals surface area contributed by atoms with E-state index >= 15 is 0 Å². The Labute approximate surface area is 114 Å². The molecule has 0 saturated carbocycles. The number of unbranched alkanes of at least 4 members (excludes halogenated alkanes) is 1. The predicted molar refractivity (Wildman–Crippen MR) is 75.8 cm³/mol. The zero-order chi connectivity index (χ0) is 13.4. The number of amides is 1. The van der Waals surface area contributed by atoms with Gasteiger partial charge < -0.3 is 10.6 Å². The van der Waals surface area contributed by atoms with Crippen LogP contribution in [0, 0.1) is 0 Å². The van der Waals surface area contributed by atoms with E-state index in [2.05, 4.69) is 17.6 Å². The van der Waals surface area contributed by atoms with Crippen LogP contribution in [0.4, 0.5) is 0 Å². The number of halogens is 1. The van der Waals surface area contributed by atoms with Crippen molar-refractivity contribution in [1.82, 2.24) is 10.6 Å². The van der Waals surface area contributed by atoms with E-state index < -0.39 is 0 Å². The molecule has 1 amide bonds. The van der Waals surface area contributed by atoms with Crippen LogP contribution in [0.15, 0.2) is 24.3 Å². The summed E-state index contributed by atoms with van der Waals surface area (Å²) in [4.78, 5) is 11.5. The summed E-state index contributed by atoms with van der Waals surface area (Å²) in [7, 11) is 0. The van der Waals surface area contributed by atoms with Gasteiger partial charge in [-0.1, -0.05) is 43.1 Å². The largest absolute Gasteiger partial charge is 0.355 e. The molecule has 2 N–H and O–H groups in total. The van der Waals surface area contributed by atoms with Crippen LogP contribution in [0.25, 0.3) is 0 Å². The molecule has 1 rings (SSSR count). The van der Waals surface area contributed by atoms with Gasteiger partial charge in [0.15, 0.2) is 0 Å². The van der Waals surface area contributed by atoms with Crippen molar-refractivity contribution in [3.63, 3.8) is 0 Å². The Bertz CT molecular complexity index is 382. The first kappa shape index (κ1) is 15.0. The van der Waals surface area contributed by atoms with Crippen LogP contribution in [0.1, 0.15) is 38.3 Å². The van der Waals surface area contributed by atoms with E-state index in [1.165, 1.54) is 0 Å². The van der Waals surface area contributed by atoms with E-state index in [-0.39, 0.29) is 11.9 Å². The van der Waals surface area contributed by atoms with Gasteiger partial charge in [-0.05, 0) is 25.0 Å². The lowest BCUT2D eigenvalue weighted by atomic mass is 10.1. The zero-order valence-corrected chi connectivity index (χ0v) is 11.8. The maximum atomic E-state index is 11.5. The Morgan fingerprint density at radius 3 is 2.78 bits per heavy atom. The lowest BCUT2D eigenvalue weighted by molar-refractivity contribution is -0.120. The van der Waals surface area contributed by atoms with Crippen molar-refractivity contribution in [2.45, 2.75) is 32.7 Å². The molecule has 100 valence electrons. The maximum absolute atomic E-state index is 11.5. The minimum absolute atomic E-state index is 0.0300. The third-order valence-corrected chi connectivity index (χ3v) is 3.14. The average Bonchev–Trinajstić information content (AvgIpc) is 2.37. The molecule has 1 aromatic carbocycles. The Morgan fingerprint density at radius 1 is 1.39 bits per heavy atom. The van der Waals surface area contributed by atoms with Gasteiger partial charge in [-0.3, -0.25) is 4.79 Å². The molecule has 0 heterocycles. The molecule has 1 atom stereocenters. The summed E-state index contributed by atoms with van der Waals surface area (Å²) in [6.07, 6.45) is 2.11. The molecule has 4 heteroatoms. The van der Waals surface area contributed by atoms with Crippen LogP contribution >= 0.6 is 11.6 Å². The smallest absolute Gasteiger partial charge is 0.233 e. The Morgan fingerprint density at radius 2 is 2.11 bits per heavy atom. The predicted octanol–water partition coefficient (Wildman–Crippen LogP) is 2.91. The fourth-order valence-corrected chi connectivity index (χ4v) is 1.95. The molecule has 0 aliphatic carbocycles. The number of nitrogens with one attached hydrogen (secondary N) is 2. The van der Waals surface area contributed by atoms with Gasteiger partial charge in [0, 0.05) is 17.6 Å². The van der Waals surface area contributed by atoms with Gasteiger partial charge in [-0.2, -0.15) is 0 Å². The number of benzene rings is 1. The van der Waals surface area contributed by atoms with E-state index in [1.807, 2.05) is 31.2 Å². The second-order valence-corrected chi connectivity index (χ2v) is 4.73. The quantitative estimate of drug-likeness (QED) is 0.747. The van der Waals surface area contributed by atoms with Gasteiger partial charge in [0.05, 0.1) is 6.54 Å². The highest BCUT2D eigenvalue weighted by Gasteiger charge is 2.09. The average molecular weight is 269 g/mol. The first-order valence-electron chi connectivity index (χ1n) is 6.39.